The highest BCUT2D eigenvalue weighted by Crippen LogP contribution is 2.38. The van der Waals surface area contributed by atoms with E-state index in [0.29, 0.717) is 15.8 Å². The molecule has 32 heavy (non-hydrogen) atoms. The smallest absolute Gasteiger partial charge is 0.234 e. The summed E-state index contributed by atoms with van der Waals surface area (Å²) in [6, 6.07) is 19.6. The normalized spacial score (nSPS) is 10.9. The Morgan fingerprint density at radius 3 is 2.22 bits per heavy atom. The Hall–Kier alpha value is -2.44. The molecule has 3 nitrogen and oxygen atoms in total. The largest absolute Gasteiger partial charge is 0.282 e. The van der Waals surface area contributed by atoms with Gasteiger partial charge in [0.15, 0.2) is 0 Å². The third-order valence-corrected chi connectivity index (χ3v) is 6.04. The zero-order valence-corrected chi connectivity index (χ0v) is 20.2. The minimum Gasteiger partial charge on any atom is -0.282 e. The average molecular weight is 550 g/mol. The van der Waals surface area contributed by atoms with E-state index >= 15 is 0 Å². The molecule has 8 heteroatoms. The van der Waals surface area contributed by atoms with E-state index in [9.17, 15) is 4.39 Å². The lowest BCUT2D eigenvalue weighted by Crippen LogP contribution is -1.94. The second-order valence-electron chi connectivity index (χ2n) is 6.96. The Morgan fingerprint density at radius 2 is 1.53 bits per heavy atom. The molecule has 2 heterocycles. The number of aromatic nitrogens is 3. The molecule has 0 saturated carbocycles. The van der Waals surface area contributed by atoms with Gasteiger partial charge in [-0.2, -0.15) is 0 Å². The number of imidazole rings is 1. The number of hydrogen-bond acceptors (Lipinski definition) is 2. The molecular weight excluding hydrogens is 536 g/mol. The molecule has 0 atom stereocenters. The molecule has 5 aromatic rings. The van der Waals surface area contributed by atoms with Crippen molar-refractivity contribution in [3.63, 3.8) is 0 Å². The van der Waals surface area contributed by atoms with Gasteiger partial charge in [-0.05, 0) is 48.0 Å². The molecule has 0 spiro atoms. The van der Waals surface area contributed by atoms with Crippen molar-refractivity contribution in [3.05, 3.63) is 99.5 Å². The SMILES string of the molecule is Cl.Fc1ccc(-c2cnc3nc(-c4ccc(Br)cc4)c(-c4ccc(Cl)cc4Cl)n3c2)cc1. The summed E-state index contributed by atoms with van der Waals surface area (Å²) in [5.74, 6) is 0.247. The van der Waals surface area contributed by atoms with Crippen LogP contribution in [0.15, 0.2) is 83.6 Å². The number of nitrogens with zero attached hydrogens (tertiary/aromatic N) is 3. The van der Waals surface area contributed by atoms with Gasteiger partial charge in [0, 0.05) is 38.6 Å². The minimum atomic E-state index is -0.286. The molecule has 0 aliphatic heterocycles. The summed E-state index contributed by atoms with van der Waals surface area (Å²) in [5, 5.41) is 1.07. The van der Waals surface area contributed by atoms with Crippen LogP contribution in [0.25, 0.3) is 39.4 Å². The van der Waals surface area contributed by atoms with E-state index in [0.717, 1.165) is 38.1 Å². The van der Waals surface area contributed by atoms with Crippen LogP contribution in [0.3, 0.4) is 0 Å². The van der Waals surface area contributed by atoms with Crippen LogP contribution in [0.2, 0.25) is 10.0 Å². The van der Waals surface area contributed by atoms with E-state index in [1.165, 1.54) is 12.1 Å². The van der Waals surface area contributed by atoms with E-state index in [-0.39, 0.29) is 18.2 Å². The molecule has 0 unspecified atom stereocenters. The maximum atomic E-state index is 13.4. The predicted octanol–water partition coefficient (Wildman–Crippen LogP) is 8.36. The third-order valence-electron chi connectivity index (χ3n) is 4.96. The van der Waals surface area contributed by atoms with Gasteiger partial charge in [-0.25, -0.2) is 14.4 Å². The predicted molar refractivity (Wildman–Crippen MR) is 134 cm³/mol. The van der Waals surface area contributed by atoms with Crippen LogP contribution < -0.4 is 0 Å². The molecule has 0 amide bonds. The standard InChI is InChI=1S/C24H13BrCl2FN3.ClH/c25-17-5-1-15(2-6-17)22-23(20-10-7-18(26)11-21(20)27)31-13-16(12-29-24(31)30-22)14-3-8-19(28)9-4-14;/h1-13H;1H. The Morgan fingerprint density at radius 1 is 0.844 bits per heavy atom. The van der Waals surface area contributed by atoms with E-state index in [1.54, 1.807) is 30.5 Å². The topological polar surface area (TPSA) is 30.2 Å². The Bertz CT molecular complexity index is 1420. The van der Waals surface area contributed by atoms with Gasteiger partial charge < -0.3 is 0 Å². The highest BCUT2D eigenvalue weighted by molar-refractivity contribution is 9.10. The van der Waals surface area contributed by atoms with Gasteiger partial charge in [-0.15, -0.1) is 12.4 Å². The molecule has 0 N–H and O–H groups in total. The second-order valence-corrected chi connectivity index (χ2v) is 8.72. The van der Waals surface area contributed by atoms with Gasteiger partial charge in [-0.1, -0.05) is 63.4 Å². The molecule has 160 valence electrons. The lowest BCUT2D eigenvalue weighted by atomic mass is 10.0. The number of rotatable bonds is 3. The van der Waals surface area contributed by atoms with E-state index in [1.807, 2.05) is 40.9 Å². The average Bonchev–Trinajstić information content (AvgIpc) is 3.13. The maximum Gasteiger partial charge on any atom is 0.234 e. The van der Waals surface area contributed by atoms with Crippen molar-refractivity contribution in [1.29, 1.82) is 0 Å². The third kappa shape index (κ3) is 4.26. The van der Waals surface area contributed by atoms with Crippen LogP contribution in [0.1, 0.15) is 0 Å². The van der Waals surface area contributed by atoms with Gasteiger partial charge in [0.25, 0.3) is 0 Å². The summed E-state index contributed by atoms with van der Waals surface area (Å²) in [4.78, 5) is 9.34. The summed E-state index contributed by atoms with van der Waals surface area (Å²) in [7, 11) is 0. The molecule has 2 aromatic heterocycles. The Kier molecular flexibility index (Phi) is 6.54. The molecule has 5 rings (SSSR count). The molecule has 3 aromatic carbocycles. The van der Waals surface area contributed by atoms with Crippen LogP contribution in [-0.4, -0.2) is 14.4 Å². The summed E-state index contributed by atoms with van der Waals surface area (Å²) >= 11 is 16.2. The fourth-order valence-corrected chi connectivity index (χ4v) is 4.24. The minimum absolute atomic E-state index is 0. The molecule has 0 bridgehead atoms. The lowest BCUT2D eigenvalue weighted by Gasteiger charge is -2.09. The Balaban J connectivity index is 0.00000245. The zero-order chi connectivity index (χ0) is 21.5. The Labute approximate surface area is 208 Å². The van der Waals surface area contributed by atoms with Gasteiger partial charge in [-0.3, -0.25) is 4.40 Å². The first-order valence-corrected chi connectivity index (χ1v) is 10.9. The van der Waals surface area contributed by atoms with Gasteiger partial charge in [0.2, 0.25) is 5.78 Å². The molecule has 0 aliphatic rings. The van der Waals surface area contributed by atoms with Crippen molar-refractivity contribution in [3.8, 4) is 33.6 Å². The lowest BCUT2D eigenvalue weighted by molar-refractivity contribution is 0.628. The summed E-state index contributed by atoms with van der Waals surface area (Å²) in [6.45, 7) is 0. The number of fused-ring (bicyclic) bond motifs is 1. The first kappa shape index (κ1) is 22.7. The number of benzene rings is 3. The zero-order valence-electron chi connectivity index (χ0n) is 16.3. The molecule has 0 aliphatic carbocycles. The quantitative estimate of drug-likeness (QED) is 0.226. The summed E-state index contributed by atoms with van der Waals surface area (Å²) in [5.41, 5.74) is 4.95. The van der Waals surface area contributed by atoms with Crippen LogP contribution in [0.5, 0.6) is 0 Å². The molecule has 0 fully saturated rings. The first-order chi connectivity index (χ1) is 15.0. The highest BCUT2D eigenvalue weighted by Gasteiger charge is 2.19. The van der Waals surface area contributed by atoms with Gasteiger partial charge in [0.1, 0.15) is 5.82 Å². The van der Waals surface area contributed by atoms with Gasteiger partial charge in [0.05, 0.1) is 16.4 Å². The van der Waals surface area contributed by atoms with Crippen molar-refractivity contribution in [2.75, 3.05) is 0 Å². The van der Waals surface area contributed by atoms with Gasteiger partial charge >= 0.3 is 0 Å². The molecule has 0 saturated heterocycles. The maximum absolute atomic E-state index is 13.4. The first-order valence-electron chi connectivity index (χ1n) is 9.35. The summed E-state index contributed by atoms with van der Waals surface area (Å²) in [6.07, 6.45) is 3.67. The number of hydrogen-bond donors (Lipinski definition) is 0. The highest BCUT2D eigenvalue weighted by atomic mass is 79.9. The van der Waals surface area contributed by atoms with Crippen molar-refractivity contribution in [2.24, 2.45) is 0 Å². The van der Waals surface area contributed by atoms with Crippen molar-refractivity contribution < 1.29 is 4.39 Å². The fraction of sp³-hybridized carbons (Fsp3) is 0. The monoisotopic (exact) mass is 547 g/mol. The van der Waals surface area contributed by atoms with Crippen LogP contribution in [0, 0.1) is 5.82 Å². The van der Waals surface area contributed by atoms with Crippen molar-refractivity contribution in [2.45, 2.75) is 0 Å². The van der Waals surface area contributed by atoms with Crippen molar-refractivity contribution in [1.82, 2.24) is 14.4 Å². The van der Waals surface area contributed by atoms with Crippen LogP contribution >= 0.6 is 51.5 Å². The van der Waals surface area contributed by atoms with E-state index < -0.39 is 0 Å². The second kappa shape index (κ2) is 9.20. The van der Waals surface area contributed by atoms with Crippen LogP contribution in [-0.2, 0) is 0 Å². The molecule has 0 radical (unpaired) electrons. The number of halogens is 5. The fourth-order valence-electron chi connectivity index (χ4n) is 3.47. The summed E-state index contributed by atoms with van der Waals surface area (Å²) < 4.78 is 16.3. The molecular formula is C24H14BrCl3FN3. The van der Waals surface area contributed by atoms with E-state index in [4.69, 9.17) is 28.2 Å². The van der Waals surface area contributed by atoms with Crippen molar-refractivity contribution >= 4 is 57.3 Å². The van der Waals surface area contributed by atoms with E-state index in [2.05, 4.69) is 20.9 Å². The van der Waals surface area contributed by atoms with Crippen LogP contribution in [0.4, 0.5) is 4.39 Å².